The van der Waals surface area contributed by atoms with E-state index in [0.717, 1.165) is 6.42 Å². The van der Waals surface area contributed by atoms with E-state index >= 15 is 0 Å². The maximum Gasteiger partial charge on any atom is 0.315 e. The standard InChI is InChI=1S/C13H18N2O4S/c1-8-12(9(2)19-14-8)13(17)15-5-4-10(6-15)20-7-11(16)18-3/h10H,4-7H2,1-3H3/t10-/m0/s1. The first-order valence-electron chi connectivity index (χ1n) is 6.43. The Morgan fingerprint density at radius 2 is 2.25 bits per heavy atom. The summed E-state index contributed by atoms with van der Waals surface area (Å²) in [4.78, 5) is 25.3. The average Bonchev–Trinajstić information content (AvgIpc) is 3.03. The van der Waals surface area contributed by atoms with Gasteiger partial charge in [-0.3, -0.25) is 9.59 Å². The third kappa shape index (κ3) is 3.15. The predicted molar refractivity (Wildman–Crippen MR) is 74.8 cm³/mol. The van der Waals surface area contributed by atoms with Gasteiger partial charge in [0.1, 0.15) is 11.3 Å². The number of methoxy groups -OCH3 is 1. The predicted octanol–water partition coefficient (Wildman–Crippen LogP) is 1.41. The molecule has 2 rings (SSSR count). The summed E-state index contributed by atoms with van der Waals surface area (Å²) >= 11 is 1.54. The number of esters is 1. The Kier molecular flexibility index (Phi) is 4.69. The number of hydrogen-bond donors (Lipinski definition) is 0. The molecule has 110 valence electrons. The van der Waals surface area contributed by atoms with Crippen LogP contribution in [0.5, 0.6) is 0 Å². The highest BCUT2D eigenvalue weighted by atomic mass is 32.2. The maximum absolute atomic E-state index is 12.4. The van der Waals surface area contributed by atoms with E-state index in [0.29, 0.717) is 35.9 Å². The number of rotatable bonds is 4. The van der Waals surface area contributed by atoms with E-state index in [1.165, 1.54) is 18.9 Å². The van der Waals surface area contributed by atoms with Gasteiger partial charge in [0, 0.05) is 18.3 Å². The second-order valence-electron chi connectivity index (χ2n) is 4.75. The van der Waals surface area contributed by atoms with Crippen molar-refractivity contribution in [1.82, 2.24) is 10.1 Å². The second-order valence-corrected chi connectivity index (χ2v) is 6.04. The number of aryl methyl sites for hydroxylation is 2. The number of amides is 1. The minimum atomic E-state index is -0.231. The summed E-state index contributed by atoms with van der Waals surface area (Å²) in [6.07, 6.45) is 0.886. The first kappa shape index (κ1) is 14.9. The van der Waals surface area contributed by atoms with Crippen LogP contribution < -0.4 is 0 Å². The van der Waals surface area contributed by atoms with Crippen LogP contribution >= 0.6 is 11.8 Å². The molecule has 1 aromatic rings. The molecule has 0 unspecified atom stereocenters. The van der Waals surface area contributed by atoms with E-state index in [2.05, 4.69) is 9.89 Å². The third-order valence-corrected chi connectivity index (χ3v) is 4.60. The minimum Gasteiger partial charge on any atom is -0.468 e. The summed E-state index contributed by atoms with van der Waals surface area (Å²) in [5.41, 5.74) is 1.18. The van der Waals surface area contributed by atoms with Gasteiger partial charge in [0.15, 0.2) is 0 Å². The fourth-order valence-electron chi connectivity index (χ4n) is 2.24. The molecule has 0 aromatic carbocycles. The highest BCUT2D eigenvalue weighted by Gasteiger charge is 2.30. The van der Waals surface area contributed by atoms with Crippen molar-refractivity contribution in [1.29, 1.82) is 0 Å². The second kappa shape index (κ2) is 6.30. The van der Waals surface area contributed by atoms with Crippen molar-refractivity contribution < 1.29 is 18.8 Å². The SMILES string of the molecule is COC(=O)CS[C@H]1CCN(C(=O)c2c(C)noc2C)C1. The van der Waals surface area contributed by atoms with E-state index < -0.39 is 0 Å². The van der Waals surface area contributed by atoms with Crippen LogP contribution in [-0.2, 0) is 9.53 Å². The zero-order valence-electron chi connectivity index (χ0n) is 11.8. The van der Waals surface area contributed by atoms with Crippen LogP contribution in [0, 0.1) is 13.8 Å². The van der Waals surface area contributed by atoms with Crippen molar-refractivity contribution in [2.24, 2.45) is 0 Å². The normalized spacial score (nSPS) is 18.4. The summed E-state index contributed by atoms with van der Waals surface area (Å²) in [6, 6.07) is 0. The minimum absolute atomic E-state index is 0.0394. The Morgan fingerprint density at radius 3 is 2.85 bits per heavy atom. The molecule has 0 aliphatic carbocycles. The van der Waals surface area contributed by atoms with E-state index in [1.807, 2.05) is 0 Å². The van der Waals surface area contributed by atoms with Crippen LogP contribution in [0.2, 0.25) is 0 Å². The molecule has 1 fully saturated rings. The fraction of sp³-hybridized carbons (Fsp3) is 0.615. The lowest BCUT2D eigenvalue weighted by Crippen LogP contribution is -2.30. The number of aromatic nitrogens is 1. The lowest BCUT2D eigenvalue weighted by atomic mass is 10.2. The molecule has 0 bridgehead atoms. The van der Waals surface area contributed by atoms with Gasteiger partial charge in [-0.2, -0.15) is 0 Å². The molecule has 7 heteroatoms. The van der Waals surface area contributed by atoms with Gasteiger partial charge in [-0.1, -0.05) is 5.16 Å². The van der Waals surface area contributed by atoms with E-state index in [4.69, 9.17) is 4.52 Å². The number of thioether (sulfide) groups is 1. The molecule has 1 aliphatic heterocycles. The Morgan fingerprint density at radius 1 is 1.50 bits per heavy atom. The first-order valence-corrected chi connectivity index (χ1v) is 7.48. The molecule has 0 N–H and O–H groups in total. The van der Waals surface area contributed by atoms with Crippen LogP contribution in [0.3, 0.4) is 0 Å². The lowest BCUT2D eigenvalue weighted by Gasteiger charge is -2.16. The molecular weight excluding hydrogens is 280 g/mol. The lowest BCUT2D eigenvalue weighted by molar-refractivity contribution is -0.137. The summed E-state index contributed by atoms with van der Waals surface area (Å²) < 4.78 is 9.65. The zero-order chi connectivity index (χ0) is 14.7. The summed E-state index contributed by atoms with van der Waals surface area (Å²) in [7, 11) is 1.38. The molecule has 1 atom stereocenters. The van der Waals surface area contributed by atoms with Gasteiger partial charge in [-0.05, 0) is 20.3 Å². The van der Waals surface area contributed by atoms with Gasteiger partial charge in [-0.25, -0.2) is 0 Å². The van der Waals surface area contributed by atoms with Gasteiger partial charge in [-0.15, -0.1) is 11.8 Å². The molecule has 1 aromatic heterocycles. The van der Waals surface area contributed by atoms with Crippen molar-refractivity contribution >= 4 is 23.6 Å². The van der Waals surface area contributed by atoms with Crippen molar-refractivity contribution in [3.8, 4) is 0 Å². The van der Waals surface area contributed by atoms with Gasteiger partial charge in [0.05, 0.1) is 18.6 Å². The summed E-state index contributed by atoms with van der Waals surface area (Å²) in [5.74, 6) is 0.611. The number of likely N-dealkylation sites (tertiary alicyclic amines) is 1. The Balaban J connectivity index is 1.93. The Hall–Kier alpha value is -1.50. The molecule has 0 radical (unpaired) electrons. The molecule has 1 aliphatic rings. The maximum atomic E-state index is 12.4. The fourth-order valence-corrected chi connectivity index (χ4v) is 3.29. The van der Waals surface area contributed by atoms with Crippen molar-refractivity contribution in [3.05, 3.63) is 17.0 Å². The van der Waals surface area contributed by atoms with E-state index in [1.54, 1.807) is 18.7 Å². The Bertz CT molecular complexity index is 495. The van der Waals surface area contributed by atoms with Crippen LogP contribution in [-0.4, -0.2) is 53.1 Å². The van der Waals surface area contributed by atoms with E-state index in [9.17, 15) is 9.59 Å². The molecule has 20 heavy (non-hydrogen) atoms. The van der Waals surface area contributed by atoms with Crippen molar-refractivity contribution in [2.45, 2.75) is 25.5 Å². The van der Waals surface area contributed by atoms with Crippen LogP contribution in [0.1, 0.15) is 28.2 Å². The van der Waals surface area contributed by atoms with Gasteiger partial charge in [0.25, 0.3) is 5.91 Å². The van der Waals surface area contributed by atoms with E-state index in [-0.39, 0.29) is 17.1 Å². The van der Waals surface area contributed by atoms with Crippen LogP contribution in [0.4, 0.5) is 0 Å². The largest absolute Gasteiger partial charge is 0.468 e. The third-order valence-electron chi connectivity index (χ3n) is 3.34. The molecule has 1 saturated heterocycles. The van der Waals surface area contributed by atoms with Crippen molar-refractivity contribution in [3.63, 3.8) is 0 Å². The smallest absolute Gasteiger partial charge is 0.315 e. The number of hydrogen-bond acceptors (Lipinski definition) is 6. The zero-order valence-corrected chi connectivity index (χ0v) is 12.7. The quantitative estimate of drug-likeness (QED) is 0.783. The molecule has 2 heterocycles. The molecule has 1 amide bonds. The van der Waals surface area contributed by atoms with Gasteiger partial charge < -0.3 is 14.2 Å². The summed E-state index contributed by atoms with van der Waals surface area (Å²) in [6.45, 7) is 4.85. The number of carbonyl (C=O) groups excluding carboxylic acids is 2. The highest BCUT2D eigenvalue weighted by Crippen LogP contribution is 2.25. The molecule has 6 nitrogen and oxygen atoms in total. The topological polar surface area (TPSA) is 72.6 Å². The molecule has 0 saturated carbocycles. The van der Waals surface area contributed by atoms with Crippen molar-refractivity contribution in [2.75, 3.05) is 26.0 Å². The van der Waals surface area contributed by atoms with Crippen LogP contribution in [0.25, 0.3) is 0 Å². The summed E-state index contributed by atoms with van der Waals surface area (Å²) in [5, 5.41) is 4.09. The first-order chi connectivity index (χ1) is 9.52. The number of nitrogens with zero attached hydrogens (tertiary/aromatic N) is 2. The molecular formula is C13H18N2O4S. The molecule has 0 spiro atoms. The average molecular weight is 298 g/mol. The van der Waals surface area contributed by atoms with Gasteiger partial charge in [0.2, 0.25) is 0 Å². The van der Waals surface area contributed by atoms with Crippen LogP contribution in [0.15, 0.2) is 4.52 Å². The van der Waals surface area contributed by atoms with Gasteiger partial charge >= 0.3 is 5.97 Å². The number of carbonyl (C=O) groups is 2. The monoisotopic (exact) mass is 298 g/mol. The number of ether oxygens (including phenoxy) is 1. The highest BCUT2D eigenvalue weighted by molar-refractivity contribution is 8.00. The Labute approximate surface area is 121 Å².